The lowest BCUT2D eigenvalue weighted by molar-refractivity contribution is 0.123. The van der Waals surface area contributed by atoms with Gasteiger partial charge < -0.3 is 20.1 Å². The van der Waals surface area contributed by atoms with E-state index < -0.39 is 6.03 Å². The monoisotopic (exact) mass is 440 g/mol. The summed E-state index contributed by atoms with van der Waals surface area (Å²) < 4.78 is 5.40. The van der Waals surface area contributed by atoms with Crippen molar-refractivity contribution >= 4 is 56.3 Å². The summed E-state index contributed by atoms with van der Waals surface area (Å²) in [4.78, 5) is 18.0. The van der Waals surface area contributed by atoms with Crippen LogP contribution in [0.25, 0.3) is 16.0 Å². The number of amides is 2. The molecule has 10 heteroatoms. The van der Waals surface area contributed by atoms with E-state index in [9.17, 15) is 4.79 Å². The molecule has 148 valence electrons. The lowest BCUT2D eigenvalue weighted by atomic mass is 10.1. The zero-order valence-electron chi connectivity index (χ0n) is 14.8. The number of nitrogens with zero attached hydrogens (tertiary/aromatic N) is 2. The summed E-state index contributed by atoms with van der Waals surface area (Å²) in [6.07, 6.45) is 0. The summed E-state index contributed by atoms with van der Waals surface area (Å²) in [6.45, 7) is 10.2. The van der Waals surface area contributed by atoms with Gasteiger partial charge in [-0.3, -0.25) is 5.32 Å². The van der Waals surface area contributed by atoms with Crippen LogP contribution in [0.15, 0.2) is 18.2 Å². The molecule has 3 rings (SSSR count). The Balaban J connectivity index is 2.09. The number of aliphatic hydroxyl groups excluding tert-OH is 1. The largest absolute Gasteiger partial charge is 0.395 e. The van der Waals surface area contributed by atoms with Crippen molar-refractivity contribution < 1.29 is 14.6 Å². The van der Waals surface area contributed by atoms with Crippen molar-refractivity contribution in [1.29, 1.82) is 0 Å². The fraction of sp³-hybridized carbons (Fsp3) is 0.333. The maximum atomic E-state index is 12.2. The highest BCUT2D eigenvalue weighted by atomic mass is 35.5. The summed E-state index contributed by atoms with van der Waals surface area (Å²) in [5.41, 5.74) is 1.60. The van der Waals surface area contributed by atoms with Gasteiger partial charge in [0.05, 0.1) is 36.4 Å². The van der Waals surface area contributed by atoms with Crippen LogP contribution >= 0.6 is 34.5 Å². The maximum Gasteiger partial charge on any atom is 0.319 e. The molecule has 2 heterocycles. The van der Waals surface area contributed by atoms with Crippen molar-refractivity contribution in [2.24, 2.45) is 0 Å². The van der Waals surface area contributed by atoms with Crippen molar-refractivity contribution in [3.63, 3.8) is 0 Å². The number of nitrogens with one attached hydrogen (secondary N) is 2. The lowest BCUT2D eigenvalue weighted by Crippen LogP contribution is -2.35. The van der Waals surface area contributed by atoms with Gasteiger partial charge in [0.1, 0.15) is 0 Å². The first-order chi connectivity index (χ1) is 13.5. The third-order valence-electron chi connectivity index (χ3n) is 4.10. The Bertz CT molecular complexity index is 907. The van der Waals surface area contributed by atoms with E-state index in [1.807, 2.05) is 0 Å². The first-order valence-electron chi connectivity index (χ1n) is 8.53. The molecule has 1 aliphatic heterocycles. The number of ether oxygens (including phenoxy) is 1. The first-order valence-corrected chi connectivity index (χ1v) is 10.1. The highest BCUT2D eigenvalue weighted by Gasteiger charge is 2.27. The topological polar surface area (TPSA) is 78.2 Å². The van der Waals surface area contributed by atoms with Crippen LogP contribution in [-0.2, 0) is 4.74 Å². The molecule has 0 spiro atoms. The molecule has 7 nitrogen and oxygen atoms in total. The SMILES string of the molecule is [C-]#[N+]c1c(N2CCOCC2)sc(NC(=O)NCCO)c1-c1ccc(Cl)cc1Cl. The number of halogens is 2. The number of hydrogen-bond acceptors (Lipinski definition) is 5. The van der Waals surface area contributed by atoms with Gasteiger partial charge in [-0.1, -0.05) is 29.3 Å². The minimum absolute atomic E-state index is 0.125. The van der Waals surface area contributed by atoms with E-state index in [1.54, 1.807) is 18.2 Å². The van der Waals surface area contributed by atoms with Gasteiger partial charge in [0.15, 0.2) is 0 Å². The van der Waals surface area contributed by atoms with E-state index in [1.165, 1.54) is 11.3 Å². The molecule has 0 atom stereocenters. The molecule has 0 unspecified atom stereocenters. The molecule has 2 aromatic rings. The summed E-state index contributed by atoms with van der Waals surface area (Å²) in [5.74, 6) is 0. The molecule has 0 radical (unpaired) electrons. The van der Waals surface area contributed by atoms with Gasteiger partial charge in [0.2, 0.25) is 5.69 Å². The summed E-state index contributed by atoms with van der Waals surface area (Å²) in [7, 11) is 0. The molecule has 0 saturated carbocycles. The van der Waals surface area contributed by atoms with Crippen molar-refractivity contribution in [3.05, 3.63) is 39.7 Å². The van der Waals surface area contributed by atoms with Gasteiger partial charge in [-0.2, -0.15) is 0 Å². The normalized spacial score (nSPS) is 13.9. The average Bonchev–Trinajstić information content (AvgIpc) is 3.05. The van der Waals surface area contributed by atoms with E-state index in [-0.39, 0.29) is 13.2 Å². The number of rotatable bonds is 5. The number of urea groups is 1. The van der Waals surface area contributed by atoms with Gasteiger partial charge in [-0.25, -0.2) is 9.64 Å². The van der Waals surface area contributed by atoms with Crippen LogP contribution in [0.3, 0.4) is 0 Å². The molecule has 2 amide bonds. The maximum absolute atomic E-state index is 12.2. The predicted octanol–water partition coefficient (Wildman–Crippen LogP) is 4.22. The summed E-state index contributed by atoms with van der Waals surface area (Å²) in [5, 5.41) is 16.4. The van der Waals surface area contributed by atoms with Crippen molar-refractivity contribution in [1.82, 2.24) is 5.32 Å². The molecular formula is C18H18Cl2N4O3S. The standard InChI is InChI=1S/C18H18Cl2N4O3S/c1-21-15-14(12-3-2-11(19)10-13(12)20)16(23-18(26)22-4-7-25)28-17(15)24-5-8-27-9-6-24/h2-3,10,25H,4-9H2,(H2,22,23,26). The van der Waals surface area contributed by atoms with Gasteiger partial charge in [-0.05, 0) is 17.7 Å². The second-order valence-corrected chi connectivity index (χ2v) is 7.74. The van der Waals surface area contributed by atoms with Crippen molar-refractivity contribution in [2.45, 2.75) is 0 Å². The molecule has 1 aliphatic rings. The number of anilines is 2. The van der Waals surface area contributed by atoms with E-state index in [0.717, 1.165) is 5.00 Å². The van der Waals surface area contributed by atoms with Crippen molar-refractivity contribution in [2.75, 3.05) is 49.7 Å². The fourth-order valence-electron chi connectivity index (χ4n) is 2.84. The Labute approximate surface area is 176 Å². The number of aliphatic hydroxyl groups is 1. The van der Waals surface area contributed by atoms with Crippen LogP contribution < -0.4 is 15.5 Å². The Morgan fingerprint density at radius 3 is 2.75 bits per heavy atom. The number of morpholine rings is 1. The van der Waals surface area contributed by atoms with Crippen LogP contribution in [0.5, 0.6) is 0 Å². The van der Waals surface area contributed by atoms with Crippen molar-refractivity contribution in [3.8, 4) is 11.1 Å². The summed E-state index contributed by atoms with van der Waals surface area (Å²) in [6, 6.07) is 4.57. The van der Waals surface area contributed by atoms with E-state index in [0.29, 0.717) is 58.2 Å². The van der Waals surface area contributed by atoms with E-state index in [4.69, 9.17) is 39.6 Å². The molecule has 28 heavy (non-hydrogen) atoms. The van der Waals surface area contributed by atoms with Gasteiger partial charge in [-0.15, -0.1) is 11.3 Å². The molecule has 1 fully saturated rings. The van der Waals surface area contributed by atoms with Gasteiger partial charge in [0.25, 0.3) is 0 Å². The Hall–Kier alpha value is -2.02. The number of hydrogen-bond donors (Lipinski definition) is 3. The van der Waals surface area contributed by atoms with E-state index >= 15 is 0 Å². The zero-order valence-corrected chi connectivity index (χ0v) is 17.1. The molecular weight excluding hydrogens is 423 g/mol. The molecule has 0 aliphatic carbocycles. The number of carbonyl (C=O) groups excluding carboxylic acids is 1. The third kappa shape index (κ3) is 4.51. The average molecular weight is 441 g/mol. The fourth-order valence-corrected chi connectivity index (χ4v) is 4.55. The quantitative estimate of drug-likeness (QED) is 0.608. The number of carbonyl (C=O) groups is 1. The van der Waals surface area contributed by atoms with Crippen LogP contribution in [0.1, 0.15) is 0 Å². The Kier molecular flexibility index (Phi) is 6.99. The second kappa shape index (κ2) is 9.45. The molecule has 3 N–H and O–H groups in total. The van der Waals surface area contributed by atoms with Crippen LogP contribution in [0.2, 0.25) is 10.0 Å². The highest BCUT2D eigenvalue weighted by molar-refractivity contribution is 7.21. The second-order valence-electron chi connectivity index (χ2n) is 5.90. The Morgan fingerprint density at radius 1 is 1.36 bits per heavy atom. The smallest absolute Gasteiger partial charge is 0.319 e. The lowest BCUT2D eigenvalue weighted by Gasteiger charge is -2.28. The van der Waals surface area contributed by atoms with Crippen LogP contribution in [-0.4, -0.2) is 50.6 Å². The van der Waals surface area contributed by atoms with E-state index in [2.05, 4.69) is 20.4 Å². The zero-order chi connectivity index (χ0) is 20.1. The van der Waals surface area contributed by atoms with Gasteiger partial charge in [0, 0.05) is 35.2 Å². The first kappa shape index (κ1) is 20.7. The Morgan fingerprint density at radius 2 is 2.11 bits per heavy atom. The number of thiophene rings is 1. The minimum Gasteiger partial charge on any atom is -0.395 e. The molecule has 0 bridgehead atoms. The summed E-state index contributed by atoms with van der Waals surface area (Å²) >= 11 is 13.7. The third-order valence-corrected chi connectivity index (χ3v) is 5.80. The van der Waals surface area contributed by atoms with Gasteiger partial charge >= 0.3 is 6.03 Å². The van der Waals surface area contributed by atoms with Crippen LogP contribution in [0.4, 0.5) is 20.5 Å². The predicted molar refractivity (Wildman–Crippen MR) is 113 cm³/mol. The minimum atomic E-state index is -0.466. The van der Waals surface area contributed by atoms with Crippen LogP contribution in [0, 0.1) is 6.57 Å². The highest BCUT2D eigenvalue weighted by Crippen LogP contribution is 2.53. The molecule has 1 aromatic carbocycles. The molecule has 1 aromatic heterocycles. The number of benzene rings is 1. The molecule has 1 saturated heterocycles.